The Hall–Kier alpha value is -1.21. The molecule has 0 spiro atoms. The molecular weight excluding hydrogens is 308 g/mol. The van der Waals surface area contributed by atoms with Crippen molar-refractivity contribution in [2.75, 3.05) is 6.61 Å². The van der Waals surface area contributed by atoms with Crippen molar-refractivity contribution in [1.29, 1.82) is 0 Å². The molecule has 3 heterocycles. The third-order valence-corrected chi connectivity index (χ3v) is 5.18. The average Bonchev–Trinajstić information content (AvgIpc) is 3.19. The Bertz CT molecular complexity index is 593. The maximum atomic E-state index is 12.4. The molecule has 0 aliphatic carbocycles. The van der Waals surface area contributed by atoms with E-state index >= 15 is 0 Å². The second kappa shape index (κ2) is 5.88. The molecular formula is C15H16O4S2. The third kappa shape index (κ3) is 2.64. The summed E-state index contributed by atoms with van der Waals surface area (Å²) >= 11 is 3.09. The maximum absolute atomic E-state index is 12.4. The largest absolute Gasteiger partial charge is 0.464 e. The smallest absolute Gasteiger partial charge is 0.341 e. The molecule has 0 saturated carbocycles. The molecule has 21 heavy (non-hydrogen) atoms. The first-order valence-corrected chi connectivity index (χ1v) is 8.48. The van der Waals surface area contributed by atoms with Crippen LogP contribution in [0.5, 0.6) is 0 Å². The minimum atomic E-state index is -1.13. The Balaban J connectivity index is 1.93. The molecule has 4 nitrogen and oxygen atoms in total. The van der Waals surface area contributed by atoms with Gasteiger partial charge in [0.2, 0.25) is 0 Å². The highest BCUT2D eigenvalue weighted by molar-refractivity contribution is 7.10. The summed E-state index contributed by atoms with van der Waals surface area (Å²) in [4.78, 5) is 14.3. The lowest BCUT2D eigenvalue weighted by molar-refractivity contribution is -0.170. The highest BCUT2D eigenvalue weighted by Crippen LogP contribution is 2.49. The van der Waals surface area contributed by atoms with E-state index in [0.29, 0.717) is 6.61 Å². The fourth-order valence-electron chi connectivity index (χ4n) is 2.32. The third-order valence-electron chi connectivity index (χ3n) is 3.37. The summed E-state index contributed by atoms with van der Waals surface area (Å²) in [6, 6.07) is 7.77. The van der Waals surface area contributed by atoms with E-state index in [1.807, 2.05) is 35.0 Å². The van der Waals surface area contributed by atoms with Crippen LogP contribution in [0.25, 0.3) is 0 Å². The summed E-state index contributed by atoms with van der Waals surface area (Å²) in [5.41, 5.74) is -1.13. The first-order chi connectivity index (χ1) is 10.1. The Kier molecular flexibility index (Phi) is 4.12. The van der Waals surface area contributed by atoms with E-state index < -0.39 is 18.0 Å². The fourth-order valence-corrected chi connectivity index (χ4v) is 3.89. The molecule has 1 saturated heterocycles. The van der Waals surface area contributed by atoms with Crippen LogP contribution in [0.4, 0.5) is 0 Å². The van der Waals surface area contributed by atoms with E-state index in [1.54, 1.807) is 36.5 Å². The summed E-state index contributed by atoms with van der Waals surface area (Å²) in [5.74, 6) is -0.387. The van der Waals surface area contributed by atoms with Crippen LogP contribution in [-0.2, 0) is 19.0 Å². The van der Waals surface area contributed by atoms with Crippen molar-refractivity contribution in [2.45, 2.75) is 31.8 Å². The molecule has 0 N–H and O–H groups in total. The molecule has 0 unspecified atom stereocenters. The number of carbonyl (C=O) groups is 1. The molecule has 1 aliphatic heterocycles. The van der Waals surface area contributed by atoms with Gasteiger partial charge in [0.15, 0.2) is 11.9 Å². The van der Waals surface area contributed by atoms with Gasteiger partial charge in [-0.2, -0.15) is 0 Å². The predicted molar refractivity (Wildman–Crippen MR) is 81.3 cm³/mol. The van der Waals surface area contributed by atoms with Crippen molar-refractivity contribution in [3.05, 3.63) is 44.8 Å². The van der Waals surface area contributed by atoms with Crippen LogP contribution in [-0.4, -0.2) is 18.2 Å². The number of ether oxygens (including phenoxy) is 3. The first kappa shape index (κ1) is 14.7. The normalized spacial score (nSPS) is 28.7. The zero-order chi connectivity index (χ0) is 14.9. The molecule has 6 heteroatoms. The molecule has 0 aromatic carbocycles. The zero-order valence-corrected chi connectivity index (χ0v) is 13.4. The molecule has 0 amide bonds. The van der Waals surface area contributed by atoms with Crippen molar-refractivity contribution >= 4 is 28.6 Å². The summed E-state index contributed by atoms with van der Waals surface area (Å²) in [6.07, 6.45) is -0.991. The standard InChI is InChI=1S/C15H16O4S2/c1-3-17-14(16)15(2)12(10-6-4-8-20-10)18-13(19-15)11-7-5-9-21-11/h4-9,12-13H,3H2,1-2H3/t12-,13-,15-/m1/s1. The van der Waals surface area contributed by atoms with Gasteiger partial charge in [-0.3, -0.25) is 0 Å². The average molecular weight is 324 g/mol. The van der Waals surface area contributed by atoms with Crippen molar-refractivity contribution in [2.24, 2.45) is 0 Å². The SMILES string of the molecule is CCOC(=O)[C@]1(C)O[C@H](c2cccs2)O[C@@H]1c1cccs1. The van der Waals surface area contributed by atoms with Gasteiger partial charge in [-0.15, -0.1) is 22.7 Å². The second-order valence-corrected chi connectivity index (χ2v) is 6.78. The number of hydrogen-bond donors (Lipinski definition) is 0. The van der Waals surface area contributed by atoms with Crippen molar-refractivity contribution < 1.29 is 19.0 Å². The van der Waals surface area contributed by atoms with E-state index in [4.69, 9.17) is 14.2 Å². The lowest BCUT2D eigenvalue weighted by Gasteiger charge is -2.25. The van der Waals surface area contributed by atoms with Gasteiger partial charge in [0.1, 0.15) is 6.10 Å². The molecule has 2 aromatic rings. The van der Waals surface area contributed by atoms with Crippen molar-refractivity contribution in [3.8, 4) is 0 Å². The zero-order valence-electron chi connectivity index (χ0n) is 11.8. The first-order valence-electron chi connectivity index (χ1n) is 6.72. The lowest BCUT2D eigenvalue weighted by Crippen LogP contribution is -2.41. The van der Waals surface area contributed by atoms with E-state index in [2.05, 4.69) is 0 Å². The van der Waals surface area contributed by atoms with Crippen LogP contribution >= 0.6 is 22.7 Å². The summed E-state index contributed by atoms with van der Waals surface area (Å²) < 4.78 is 17.2. The highest BCUT2D eigenvalue weighted by atomic mass is 32.1. The molecule has 3 rings (SSSR count). The quantitative estimate of drug-likeness (QED) is 0.800. The molecule has 0 bridgehead atoms. The van der Waals surface area contributed by atoms with Crippen LogP contribution in [0.2, 0.25) is 0 Å². The van der Waals surface area contributed by atoms with Gasteiger partial charge in [0, 0.05) is 4.88 Å². The van der Waals surface area contributed by atoms with Crippen molar-refractivity contribution in [3.63, 3.8) is 0 Å². The Labute approximate surface area is 131 Å². The summed E-state index contributed by atoms with van der Waals surface area (Å²) in [7, 11) is 0. The summed E-state index contributed by atoms with van der Waals surface area (Å²) in [5, 5.41) is 3.92. The lowest BCUT2D eigenvalue weighted by atomic mass is 9.98. The minimum absolute atomic E-state index is 0.318. The van der Waals surface area contributed by atoms with Crippen LogP contribution in [0.3, 0.4) is 0 Å². The molecule has 112 valence electrons. The number of rotatable bonds is 4. The van der Waals surface area contributed by atoms with Gasteiger partial charge >= 0.3 is 5.97 Å². The predicted octanol–water partition coefficient (Wildman–Crippen LogP) is 3.92. The van der Waals surface area contributed by atoms with E-state index in [-0.39, 0.29) is 5.97 Å². The van der Waals surface area contributed by atoms with Crippen LogP contribution in [0.1, 0.15) is 36.0 Å². The monoisotopic (exact) mass is 324 g/mol. The van der Waals surface area contributed by atoms with Crippen LogP contribution in [0.15, 0.2) is 35.0 Å². The molecule has 1 fully saturated rings. The van der Waals surface area contributed by atoms with Crippen molar-refractivity contribution in [1.82, 2.24) is 0 Å². The van der Waals surface area contributed by atoms with Gasteiger partial charge < -0.3 is 14.2 Å². The Morgan fingerprint density at radius 1 is 1.29 bits per heavy atom. The van der Waals surface area contributed by atoms with Gasteiger partial charge in [0.25, 0.3) is 0 Å². The van der Waals surface area contributed by atoms with E-state index in [9.17, 15) is 4.79 Å². The molecule has 0 radical (unpaired) electrons. The van der Waals surface area contributed by atoms with Gasteiger partial charge in [0.05, 0.1) is 11.5 Å². The van der Waals surface area contributed by atoms with E-state index in [1.165, 1.54) is 0 Å². The summed E-state index contributed by atoms with van der Waals surface area (Å²) in [6.45, 7) is 3.84. The van der Waals surface area contributed by atoms with E-state index in [0.717, 1.165) is 9.75 Å². The van der Waals surface area contributed by atoms with Gasteiger partial charge in [-0.1, -0.05) is 12.1 Å². The molecule has 3 atom stereocenters. The Morgan fingerprint density at radius 2 is 1.95 bits per heavy atom. The maximum Gasteiger partial charge on any atom is 0.341 e. The van der Waals surface area contributed by atoms with Crippen LogP contribution < -0.4 is 0 Å². The number of esters is 1. The highest BCUT2D eigenvalue weighted by Gasteiger charge is 2.54. The van der Waals surface area contributed by atoms with Gasteiger partial charge in [-0.25, -0.2) is 4.79 Å². The Morgan fingerprint density at radius 3 is 2.52 bits per heavy atom. The number of hydrogen-bond acceptors (Lipinski definition) is 6. The van der Waals surface area contributed by atoms with Gasteiger partial charge in [-0.05, 0) is 36.7 Å². The topological polar surface area (TPSA) is 44.8 Å². The molecule has 2 aromatic heterocycles. The minimum Gasteiger partial charge on any atom is -0.464 e. The number of thiophene rings is 2. The fraction of sp³-hybridized carbons (Fsp3) is 0.400. The molecule has 1 aliphatic rings. The van der Waals surface area contributed by atoms with Crippen LogP contribution in [0, 0.1) is 0 Å². The number of carbonyl (C=O) groups excluding carboxylic acids is 1. The second-order valence-electron chi connectivity index (χ2n) is 4.82.